The Morgan fingerprint density at radius 3 is 3.04 bits per heavy atom. The molecule has 5 heteroatoms. The molecule has 4 rings (SSSR count). The van der Waals surface area contributed by atoms with Crippen molar-refractivity contribution < 1.29 is 14.6 Å². The number of rotatable bonds is 3. The van der Waals surface area contributed by atoms with Gasteiger partial charge in [-0.3, -0.25) is 4.79 Å². The number of hydrogen-bond donors (Lipinski definition) is 1. The lowest BCUT2D eigenvalue weighted by atomic mass is 9.71. The number of fused-ring (bicyclic) bond motifs is 2. The molecule has 1 aliphatic carbocycles. The van der Waals surface area contributed by atoms with Crippen molar-refractivity contribution in [2.24, 2.45) is 5.92 Å². The molecule has 1 aromatic heterocycles. The van der Waals surface area contributed by atoms with E-state index in [4.69, 9.17) is 4.74 Å². The molecule has 1 amide bonds. The molecule has 1 aliphatic heterocycles. The van der Waals surface area contributed by atoms with Crippen LogP contribution in [0.15, 0.2) is 30.5 Å². The predicted molar refractivity (Wildman–Crippen MR) is 96.6 cm³/mol. The van der Waals surface area contributed by atoms with Gasteiger partial charge in [0.15, 0.2) is 0 Å². The molecule has 1 saturated carbocycles. The first-order chi connectivity index (χ1) is 12.1. The predicted octanol–water partition coefficient (Wildman–Crippen LogP) is 2.80. The lowest BCUT2D eigenvalue weighted by Gasteiger charge is -2.47. The van der Waals surface area contributed by atoms with Crippen molar-refractivity contribution >= 4 is 16.8 Å². The molecule has 2 aromatic rings. The normalized spacial score (nSPS) is 26.5. The van der Waals surface area contributed by atoms with Crippen LogP contribution >= 0.6 is 0 Å². The summed E-state index contributed by atoms with van der Waals surface area (Å²) in [5.74, 6) is 1.20. The number of aromatic nitrogens is 1. The quantitative estimate of drug-likeness (QED) is 0.933. The van der Waals surface area contributed by atoms with Crippen LogP contribution in [0.1, 0.15) is 32.1 Å². The molecule has 2 aliphatic rings. The number of piperidine rings is 1. The summed E-state index contributed by atoms with van der Waals surface area (Å²) in [6, 6.07) is 7.90. The standard InChI is InChI=1S/C20H26N2O3/c1-25-18-7-4-6-17-16(18)8-11-21(17)14-19(23)22-12-10-20(24)9-3-2-5-15(20)13-22/h4,6-8,11,15,24H,2-3,5,9-10,12-14H2,1H3/t15-,20+/m1/s1. The maximum Gasteiger partial charge on any atom is 0.242 e. The van der Waals surface area contributed by atoms with Crippen molar-refractivity contribution in [3.8, 4) is 5.75 Å². The summed E-state index contributed by atoms with van der Waals surface area (Å²) in [6.45, 7) is 1.69. The average Bonchev–Trinajstić information content (AvgIpc) is 3.04. The maximum absolute atomic E-state index is 12.8. The van der Waals surface area contributed by atoms with Crippen LogP contribution < -0.4 is 4.74 Å². The fourth-order valence-corrected chi connectivity index (χ4v) is 4.55. The lowest BCUT2D eigenvalue weighted by Crippen LogP contribution is -2.55. The fraction of sp³-hybridized carbons (Fsp3) is 0.550. The van der Waals surface area contributed by atoms with Gasteiger partial charge in [-0.2, -0.15) is 0 Å². The first kappa shape index (κ1) is 16.5. The molecule has 2 fully saturated rings. The van der Waals surface area contributed by atoms with Gasteiger partial charge in [-0.25, -0.2) is 0 Å². The van der Waals surface area contributed by atoms with Gasteiger partial charge in [-0.1, -0.05) is 18.9 Å². The van der Waals surface area contributed by atoms with Crippen molar-refractivity contribution in [3.05, 3.63) is 30.5 Å². The third kappa shape index (κ3) is 2.91. The highest BCUT2D eigenvalue weighted by Gasteiger charge is 2.43. The molecule has 1 N–H and O–H groups in total. The van der Waals surface area contributed by atoms with E-state index in [1.54, 1.807) is 7.11 Å². The van der Waals surface area contributed by atoms with Gasteiger partial charge in [-0.05, 0) is 37.5 Å². The van der Waals surface area contributed by atoms with Gasteiger partial charge in [0.1, 0.15) is 12.3 Å². The molecule has 1 aromatic carbocycles. The lowest BCUT2D eigenvalue weighted by molar-refractivity contribution is -0.143. The Morgan fingerprint density at radius 1 is 1.32 bits per heavy atom. The van der Waals surface area contributed by atoms with Crippen LogP contribution in [0.4, 0.5) is 0 Å². The zero-order valence-electron chi connectivity index (χ0n) is 14.8. The second kappa shape index (κ2) is 6.37. The summed E-state index contributed by atoms with van der Waals surface area (Å²) in [5.41, 5.74) is 0.474. The summed E-state index contributed by atoms with van der Waals surface area (Å²) >= 11 is 0. The van der Waals surface area contributed by atoms with Gasteiger partial charge in [0.2, 0.25) is 5.91 Å². The van der Waals surface area contributed by atoms with E-state index in [1.165, 1.54) is 0 Å². The number of likely N-dealkylation sites (tertiary alicyclic amines) is 1. The number of carbonyl (C=O) groups is 1. The van der Waals surface area contributed by atoms with E-state index < -0.39 is 5.60 Å². The van der Waals surface area contributed by atoms with Crippen LogP contribution in [0, 0.1) is 5.92 Å². The third-order valence-corrected chi connectivity index (χ3v) is 6.08. The van der Waals surface area contributed by atoms with Gasteiger partial charge in [0.05, 0.1) is 18.2 Å². The van der Waals surface area contributed by atoms with Crippen molar-refractivity contribution in [3.63, 3.8) is 0 Å². The Balaban J connectivity index is 1.49. The Kier molecular flexibility index (Phi) is 4.20. The molecule has 0 spiro atoms. The van der Waals surface area contributed by atoms with Gasteiger partial charge in [-0.15, -0.1) is 0 Å². The summed E-state index contributed by atoms with van der Waals surface area (Å²) in [7, 11) is 1.66. The number of carbonyl (C=O) groups excluding carboxylic acids is 1. The van der Waals surface area contributed by atoms with Crippen LogP contribution in [0.25, 0.3) is 10.9 Å². The van der Waals surface area contributed by atoms with E-state index >= 15 is 0 Å². The van der Waals surface area contributed by atoms with Crippen LogP contribution in [-0.2, 0) is 11.3 Å². The van der Waals surface area contributed by atoms with Crippen molar-refractivity contribution in [2.75, 3.05) is 20.2 Å². The van der Waals surface area contributed by atoms with Crippen LogP contribution in [0.5, 0.6) is 5.75 Å². The number of benzene rings is 1. The molecule has 5 nitrogen and oxygen atoms in total. The molecule has 0 bridgehead atoms. The second-order valence-electron chi connectivity index (χ2n) is 7.47. The molecular weight excluding hydrogens is 316 g/mol. The average molecular weight is 342 g/mol. The number of methoxy groups -OCH3 is 1. The molecule has 2 heterocycles. The zero-order chi connectivity index (χ0) is 17.4. The number of ether oxygens (including phenoxy) is 1. The third-order valence-electron chi connectivity index (χ3n) is 6.08. The molecule has 134 valence electrons. The van der Waals surface area contributed by atoms with E-state index in [0.29, 0.717) is 26.1 Å². The van der Waals surface area contributed by atoms with E-state index in [9.17, 15) is 9.90 Å². The van der Waals surface area contributed by atoms with Gasteiger partial charge in [0.25, 0.3) is 0 Å². The van der Waals surface area contributed by atoms with Crippen LogP contribution in [-0.4, -0.2) is 46.3 Å². The number of aliphatic hydroxyl groups is 1. The zero-order valence-corrected chi connectivity index (χ0v) is 14.8. The monoisotopic (exact) mass is 342 g/mol. The number of hydrogen-bond acceptors (Lipinski definition) is 3. The van der Waals surface area contributed by atoms with Crippen molar-refractivity contribution in [1.82, 2.24) is 9.47 Å². The highest BCUT2D eigenvalue weighted by Crippen LogP contribution is 2.39. The minimum absolute atomic E-state index is 0.132. The molecule has 1 saturated heterocycles. The van der Waals surface area contributed by atoms with E-state index in [2.05, 4.69) is 0 Å². The van der Waals surface area contributed by atoms with Crippen molar-refractivity contribution in [2.45, 2.75) is 44.2 Å². The highest BCUT2D eigenvalue weighted by molar-refractivity contribution is 5.88. The molecule has 25 heavy (non-hydrogen) atoms. The van der Waals surface area contributed by atoms with Gasteiger partial charge >= 0.3 is 0 Å². The van der Waals surface area contributed by atoms with E-state index in [0.717, 1.165) is 42.3 Å². The maximum atomic E-state index is 12.8. The Bertz CT molecular complexity index is 784. The highest BCUT2D eigenvalue weighted by atomic mass is 16.5. The minimum Gasteiger partial charge on any atom is -0.496 e. The van der Waals surface area contributed by atoms with Crippen LogP contribution in [0.2, 0.25) is 0 Å². The molecule has 2 atom stereocenters. The molecular formula is C20H26N2O3. The van der Waals surface area contributed by atoms with Gasteiger partial charge in [0, 0.05) is 30.6 Å². The number of nitrogens with zero attached hydrogens (tertiary/aromatic N) is 2. The van der Waals surface area contributed by atoms with Crippen molar-refractivity contribution in [1.29, 1.82) is 0 Å². The Hall–Kier alpha value is -2.01. The minimum atomic E-state index is -0.539. The first-order valence-corrected chi connectivity index (χ1v) is 9.23. The summed E-state index contributed by atoms with van der Waals surface area (Å²) in [4.78, 5) is 14.8. The fourth-order valence-electron chi connectivity index (χ4n) is 4.55. The van der Waals surface area contributed by atoms with E-state index in [1.807, 2.05) is 39.9 Å². The topological polar surface area (TPSA) is 54.7 Å². The second-order valence-corrected chi connectivity index (χ2v) is 7.47. The molecule has 0 unspecified atom stereocenters. The summed E-state index contributed by atoms with van der Waals surface area (Å²) in [5, 5.41) is 11.8. The molecule has 0 radical (unpaired) electrons. The first-order valence-electron chi connectivity index (χ1n) is 9.23. The largest absolute Gasteiger partial charge is 0.496 e. The smallest absolute Gasteiger partial charge is 0.242 e. The van der Waals surface area contributed by atoms with Crippen LogP contribution in [0.3, 0.4) is 0 Å². The Morgan fingerprint density at radius 2 is 2.20 bits per heavy atom. The SMILES string of the molecule is COc1cccc2c1ccn2CC(=O)N1CC[C@@]2(O)CCCC[C@@H]2C1. The Labute approximate surface area is 148 Å². The summed E-state index contributed by atoms with van der Waals surface area (Å²) in [6.07, 6.45) is 6.86. The summed E-state index contributed by atoms with van der Waals surface area (Å²) < 4.78 is 7.38. The van der Waals surface area contributed by atoms with E-state index in [-0.39, 0.29) is 11.8 Å². The van der Waals surface area contributed by atoms with Gasteiger partial charge < -0.3 is 19.3 Å². The number of amides is 1.